The van der Waals surface area contributed by atoms with E-state index >= 15 is 0 Å². The Balaban J connectivity index is 1.70. The van der Waals surface area contributed by atoms with Gasteiger partial charge in [-0.1, -0.05) is 18.0 Å². The molecule has 1 amide bonds. The number of hydrogen-bond donors (Lipinski definition) is 1. The average molecular weight is 389 g/mol. The highest BCUT2D eigenvalue weighted by molar-refractivity contribution is 5.77. The van der Waals surface area contributed by atoms with Crippen molar-refractivity contribution in [2.75, 3.05) is 21.3 Å². The number of carbonyl (C=O) groups is 1. The lowest BCUT2D eigenvalue weighted by Crippen LogP contribution is -2.44. The van der Waals surface area contributed by atoms with Crippen LogP contribution in [0.2, 0.25) is 0 Å². The quantitative estimate of drug-likeness (QED) is 0.741. The Bertz CT molecular complexity index is 802. The first-order valence-corrected chi connectivity index (χ1v) is 9.42. The minimum absolute atomic E-state index is 0.0434. The predicted molar refractivity (Wildman–Crippen MR) is 102 cm³/mol. The molecular formula is C20H27N3O5. The van der Waals surface area contributed by atoms with Gasteiger partial charge in [0, 0.05) is 13.3 Å². The van der Waals surface area contributed by atoms with Crippen LogP contribution in [-0.2, 0) is 16.8 Å². The first-order valence-electron chi connectivity index (χ1n) is 9.42. The molecule has 0 bridgehead atoms. The molecule has 0 radical (unpaired) electrons. The number of amides is 1. The van der Waals surface area contributed by atoms with Crippen LogP contribution in [0.3, 0.4) is 0 Å². The number of carbonyl (C=O) groups excluding carboxylic acids is 1. The van der Waals surface area contributed by atoms with E-state index in [4.69, 9.17) is 18.7 Å². The van der Waals surface area contributed by atoms with E-state index in [-0.39, 0.29) is 5.91 Å². The molecule has 1 saturated carbocycles. The number of benzene rings is 1. The van der Waals surface area contributed by atoms with Gasteiger partial charge in [-0.05, 0) is 37.0 Å². The van der Waals surface area contributed by atoms with Gasteiger partial charge in [-0.25, -0.2) is 0 Å². The van der Waals surface area contributed by atoms with Crippen molar-refractivity contribution in [3.63, 3.8) is 0 Å². The number of rotatable bonds is 8. The van der Waals surface area contributed by atoms with Crippen LogP contribution in [-0.4, -0.2) is 37.4 Å². The Morgan fingerprint density at radius 1 is 1.14 bits per heavy atom. The van der Waals surface area contributed by atoms with Gasteiger partial charge in [-0.3, -0.25) is 4.79 Å². The summed E-state index contributed by atoms with van der Waals surface area (Å²) in [6.45, 7) is 1.76. The van der Waals surface area contributed by atoms with E-state index in [9.17, 15) is 4.79 Å². The molecular weight excluding hydrogens is 362 g/mol. The highest BCUT2D eigenvalue weighted by Crippen LogP contribution is 2.39. The largest absolute Gasteiger partial charge is 0.493 e. The summed E-state index contributed by atoms with van der Waals surface area (Å²) in [7, 11) is 4.71. The van der Waals surface area contributed by atoms with Crippen molar-refractivity contribution in [3.8, 4) is 17.2 Å². The number of nitrogens with one attached hydrogen (secondary N) is 1. The average Bonchev–Trinajstić information content (AvgIpc) is 3.35. The summed E-state index contributed by atoms with van der Waals surface area (Å²) in [6, 6.07) is 3.73. The first kappa shape index (κ1) is 20.0. The molecule has 3 rings (SSSR count). The van der Waals surface area contributed by atoms with Gasteiger partial charge >= 0.3 is 0 Å². The normalized spacial score (nSPS) is 15.3. The van der Waals surface area contributed by atoms with Crippen molar-refractivity contribution in [2.24, 2.45) is 0 Å². The second-order valence-corrected chi connectivity index (χ2v) is 7.01. The van der Waals surface area contributed by atoms with Crippen LogP contribution in [0.5, 0.6) is 17.2 Å². The van der Waals surface area contributed by atoms with Crippen LogP contribution in [0.25, 0.3) is 0 Å². The van der Waals surface area contributed by atoms with Gasteiger partial charge in [0.2, 0.25) is 17.5 Å². The fourth-order valence-corrected chi connectivity index (χ4v) is 3.74. The third kappa shape index (κ3) is 4.05. The summed E-state index contributed by atoms with van der Waals surface area (Å²) in [6.07, 6.45) is 4.58. The molecule has 1 fully saturated rings. The standard InChI is InChI=1S/C20H27N3O5/c1-13-21-19(23-28-13)20(9-5-6-10-20)22-17(24)8-7-14-11-15(25-2)18(27-4)16(12-14)26-3/h11-12H,5-10H2,1-4H3,(H,22,24). The number of nitrogens with zero attached hydrogens (tertiary/aromatic N) is 2. The lowest BCUT2D eigenvalue weighted by atomic mass is 9.96. The summed E-state index contributed by atoms with van der Waals surface area (Å²) in [5.74, 6) is 2.73. The topological polar surface area (TPSA) is 95.7 Å². The number of aromatic nitrogens is 2. The smallest absolute Gasteiger partial charge is 0.223 e. The molecule has 1 aromatic heterocycles. The molecule has 1 heterocycles. The van der Waals surface area contributed by atoms with E-state index in [1.165, 1.54) is 0 Å². The molecule has 1 aliphatic rings. The van der Waals surface area contributed by atoms with Crippen molar-refractivity contribution in [1.82, 2.24) is 15.5 Å². The van der Waals surface area contributed by atoms with Gasteiger partial charge < -0.3 is 24.1 Å². The van der Waals surface area contributed by atoms with Gasteiger partial charge in [0.15, 0.2) is 17.3 Å². The molecule has 1 aromatic carbocycles. The van der Waals surface area contributed by atoms with E-state index in [1.807, 2.05) is 12.1 Å². The summed E-state index contributed by atoms with van der Waals surface area (Å²) < 4.78 is 21.2. The van der Waals surface area contributed by atoms with E-state index in [0.717, 1.165) is 31.2 Å². The van der Waals surface area contributed by atoms with Crippen molar-refractivity contribution in [1.29, 1.82) is 0 Å². The van der Waals surface area contributed by atoms with Gasteiger partial charge in [0.1, 0.15) is 5.54 Å². The molecule has 28 heavy (non-hydrogen) atoms. The molecule has 8 nitrogen and oxygen atoms in total. The number of hydrogen-bond acceptors (Lipinski definition) is 7. The maximum Gasteiger partial charge on any atom is 0.223 e. The van der Waals surface area contributed by atoms with Gasteiger partial charge in [-0.15, -0.1) is 0 Å². The molecule has 2 aromatic rings. The van der Waals surface area contributed by atoms with Gasteiger partial charge in [0.05, 0.1) is 21.3 Å². The van der Waals surface area contributed by atoms with E-state index < -0.39 is 5.54 Å². The fraction of sp³-hybridized carbons (Fsp3) is 0.550. The zero-order valence-corrected chi connectivity index (χ0v) is 16.8. The molecule has 0 saturated heterocycles. The van der Waals surface area contributed by atoms with Crippen molar-refractivity contribution < 1.29 is 23.5 Å². The third-order valence-corrected chi connectivity index (χ3v) is 5.16. The Hall–Kier alpha value is -2.77. The number of ether oxygens (including phenoxy) is 3. The SMILES string of the molecule is COc1cc(CCC(=O)NC2(c3noc(C)n3)CCCC2)cc(OC)c1OC. The van der Waals surface area contributed by atoms with E-state index in [0.29, 0.717) is 41.8 Å². The minimum atomic E-state index is -0.524. The Morgan fingerprint density at radius 2 is 1.79 bits per heavy atom. The van der Waals surface area contributed by atoms with Crippen molar-refractivity contribution >= 4 is 5.91 Å². The molecule has 0 atom stereocenters. The monoisotopic (exact) mass is 389 g/mol. The summed E-state index contributed by atoms with van der Waals surface area (Å²) in [5.41, 5.74) is 0.407. The summed E-state index contributed by atoms with van der Waals surface area (Å²) >= 11 is 0. The molecule has 1 aliphatic carbocycles. The van der Waals surface area contributed by atoms with Crippen LogP contribution in [0.1, 0.15) is 49.4 Å². The molecule has 1 N–H and O–H groups in total. The van der Waals surface area contributed by atoms with E-state index in [1.54, 1.807) is 28.3 Å². The zero-order chi connectivity index (χ0) is 20.1. The highest BCUT2D eigenvalue weighted by Gasteiger charge is 2.41. The minimum Gasteiger partial charge on any atom is -0.493 e. The predicted octanol–water partition coefficient (Wildman–Crippen LogP) is 2.92. The van der Waals surface area contributed by atoms with Crippen molar-refractivity contribution in [3.05, 3.63) is 29.4 Å². The van der Waals surface area contributed by atoms with Crippen molar-refractivity contribution in [2.45, 2.75) is 51.0 Å². The maximum absolute atomic E-state index is 12.7. The van der Waals surface area contributed by atoms with Gasteiger partial charge in [-0.2, -0.15) is 4.98 Å². The van der Waals surface area contributed by atoms with Gasteiger partial charge in [0.25, 0.3) is 0 Å². The molecule has 8 heteroatoms. The Kier molecular flexibility index (Phi) is 6.06. The van der Waals surface area contributed by atoms with Crippen LogP contribution in [0.4, 0.5) is 0 Å². The van der Waals surface area contributed by atoms with Crippen LogP contribution >= 0.6 is 0 Å². The molecule has 0 spiro atoms. The number of aryl methyl sites for hydroxylation is 2. The lowest BCUT2D eigenvalue weighted by Gasteiger charge is -2.26. The fourth-order valence-electron chi connectivity index (χ4n) is 3.74. The van der Waals surface area contributed by atoms with Crippen LogP contribution in [0.15, 0.2) is 16.7 Å². The lowest BCUT2D eigenvalue weighted by molar-refractivity contribution is -0.123. The summed E-state index contributed by atoms with van der Waals surface area (Å²) in [4.78, 5) is 17.1. The van der Waals surface area contributed by atoms with Crippen LogP contribution < -0.4 is 19.5 Å². The molecule has 152 valence electrons. The third-order valence-electron chi connectivity index (χ3n) is 5.16. The number of methoxy groups -OCH3 is 3. The van der Waals surface area contributed by atoms with Crippen LogP contribution in [0, 0.1) is 6.92 Å². The molecule has 0 aliphatic heterocycles. The molecule has 0 unspecified atom stereocenters. The second kappa shape index (κ2) is 8.50. The maximum atomic E-state index is 12.7. The Labute approximate surface area is 164 Å². The zero-order valence-electron chi connectivity index (χ0n) is 16.8. The summed E-state index contributed by atoms with van der Waals surface area (Å²) in [5, 5.41) is 7.22. The Morgan fingerprint density at radius 3 is 2.29 bits per heavy atom. The second-order valence-electron chi connectivity index (χ2n) is 7.01. The van der Waals surface area contributed by atoms with E-state index in [2.05, 4.69) is 15.5 Å². The highest BCUT2D eigenvalue weighted by atomic mass is 16.5. The first-order chi connectivity index (χ1) is 13.5.